The van der Waals surface area contributed by atoms with Gasteiger partial charge in [0, 0.05) is 5.56 Å². The van der Waals surface area contributed by atoms with Gasteiger partial charge in [0.15, 0.2) is 0 Å². The molecule has 30 heavy (non-hydrogen) atoms. The lowest BCUT2D eigenvalue weighted by atomic mass is 10.1. The number of carbonyl (C=O) groups is 3. The molecule has 0 aliphatic carbocycles. The summed E-state index contributed by atoms with van der Waals surface area (Å²) in [5.41, 5.74) is 8.73. The Labute approximate surface area is 177 Å². The average Bonchev–Trinajstić information content (AvgIpc) is 3.32. The number of aromatic amines is 1. The summed E-state index contributed by atoms with van der Waals surface area (Å²) >= 11 is 0.942. The van der Waals surface area contributed by atoms with Gasteiger partial charge < -0.3 is 15.8 Å². The standard InChI is InChI=1S/C21H22N4O4S/c1-4-9-29-21(28)16-12(3)17(18(22)26)30-20(16)23-19(27)15-10-14(24-25-15)13-7-5-11(2)6-8-13/h5-8,10H,4,9H2,1-3H3,(H2,22,26)(H,23,27)(H,24,25). The van der Waals surface area contributed by atoms with Gasteiger partial charge in [-0.1, -0.05) is 36.8 Å². The highest BCUT2D eigenvalue weighted by Crippen LogP contribution is 2.34. The SMILES string of the molecule is CCCOC(=O)c1c(NC(=O)c2cc(-c3ccc(C)cc3)n[nH]2)sc(C(N)=O)c1C. The van der Waals surface area contributed by atoms with Gasteiger partial charge in [0.2, 0.25) is 0 Å². The van der Waals surface area contributed by atoms with E-state index in [1.165, 1.54) is 0 Å². The number of nitrogens with two attached hydrogens (primary N) is 1. The van der Waals surface area contributed by atoms with Crippen LogP contribution in [0.25, 0.3) is 11.3 Å². The van der Waals surface area contributed by atoms with Crippen molar-refractivity contribution in [1.29, 1.82) is 0 Å². The number of primary amides is 1. The maximum atomic E-state index is 12.7. The topological polar surface area (TPSA) is 127 Å². The third-order valence-electron chi connectivity index (χ3n) is 4.41. The van der Waals surface area contributed by atoms with Gasteiger partial charge >= 0.3 is 5.97 Å². The first-order valence-electron chi connectivity index (χ1n) is 9.36. The monoisotopic (exact) mass is 426 g/mol. The minimum absolute atomic E-state index is 0.133. The van der Waals surface area contributed by atoms with Gasteiger partial charge in [-0.15, -0.1) is 11.3 Å². The lowest BCUT2D eigenvalue weighted by molar-refractivity contribution is 0.0506. The molecule has 4 N–H and O–H groups in total. The minimum Gasteiger partial charge on any atom is -0.462 e. The first-order valence-corrected chi connectivity index (χ1v) is 10.2. The Morgan fingerprint density at radius 1 is 1.20 bits per heavy atom. The van der Waals surface area contributed by atoms with Crippen molar-refractivity contribution in [3.05, 3.63) is 57.6 Å². The van der Waals surface area contributed by atoms with Crippen molar-refractivity contribution < 1.29 is 19.1 Å². The minimum atomic E-state index is -0.675. The van der Waals surface area contributed by atoms with E-state index < -0.39 is 17.8 Å². The molecule has 3 aromatic rings. The molecule has 0 radical (unpaired) electrons. The van der Waals surface area contributed by atoms with E-state index in [0.29, 0.717) is 17.7 Å². The number of esters is 1. The Morgan fingerprint density at radius 3 is 2.53 bits per heavy atom. The number of thiophene rings is 1. The van der Waals surface area contributed by atoms with E-state index in [1.807, 2.05) is 38.1 Å². The van der Waals surface area contributed by atoms with Gasteiger partial charge in [0.25, 0.3) is 11.8 Å². The van der Waals surface area contributed by atoms with Crippen LogP contribution in [0.5, 0.6) is 0 Å². The molecule has 3 rings (SSSR count). The molecule has 0 unspecified atom stereocenters. The molecule has 0 saturated carbocycles. The van der Waals surface area contributed by atoms with E-state index in [-0.39, 0.29) is 27.7 Å². The zero-order chi connectivity index (χ0) is 21.8. The summed E-state index contributed by atoms with van der Waals surface area (Å²) in [7, 11) is 0. The molecule has 0 saturated heterocycles. The van der Waals surface area contributed by atoms with E-state index in [1.54, 1.807) is 13.0 Å². The smallest absolute Gasteiger partial charge is 0.341 e. The zero-order valence-corrected chi connectivity index (χ0v) is 17.7. The summed E-state index contributed by atoms with van der Waals surface area (Å²) in [6.07, 6.45) is 0.648. The van der Waals surface area contributed by atoms with Gasteiger partial charge in [-0.25, -0.2) is 4.79 Å². The van der Waals surface area contributed by atoms with Crippen molar-refractivity contribution in [2.45, 2.75) is 27.2 Å². The Kier molecular flexibility index (Phi) is 6.31. The summed E-state index contributed by atoms with van der Waals surface area (Å²) < 4.78 is 5.19. The molecule has 0 fully saturated rings. The van der Waals surface area contributed by atoms with Gasteiger partial charge in [-0.2, -0.15) is 5.10 Å². The maximum Gasteiger partial charge on any atom is 0.341 e. The fourth-order valence-electron chi connectivity index (χ4n) is 2.83. The van der Waals surface area contributed by atoms with E-state index in [2.05, 4.69) is 15.5 Å². The summed E-state index contributed by atoms with van der Waals surface area (Å²) in [5, 5.41) is 9.76. The lowest BCUT2D eigenvalue weighted by Gasteiger charge is -2.07. The van der Waals surface area contributed by atoms with Gasteiger partial charge in [-0.05, 0) is 31.9 Å². The van der Waals surface area contributed by atoms with Crippen LogP contribution in [0.2, 0.25) is 0 Å². The van der Waals surface area contributed by atoms with Crippen LogP contribution < -0.4 is 11.1 Å². The molecular weight excluding hydrogens is 404 g/mol. The number of aryl methyl sites for hydroxylation is 1. The normalized spacial score (nSPS) is 10.6. The van der Waals surface area contributed by atoms with Crippen molar-refractivity contribution in [2.24, 2.45) is 5.73 Å². The van der Waals surface area contributed by atoms with E-state index in [4.69, 9.17) is 10.5 Å². The summed E-state index contributed by atoms with van der Waals surface area (Å²) in [6.45, 7) is 5.68. The predicted octanol–water partition coefficient (Wildman–Crippen LogP) is 3.67. The van der Waals surface area contributed by atoms with Crippen LogP contribution in [0.15, 0.2) is 30.3 Å². The molecule has 8 nitrogen and oxygen atoms in total. The second-order valence-electron chi connectivity index (χ2n) is 6.75. The average molecular weight is 426 g/mol. The van der Waals surface area contributed by atoms with E-state index in [9.17, 15) is 14.4 Å². The predicted molar refractivity (Wildman–Crippen MR) is 115 cm³/mol. The number of H-pyrrole nitrogens is 1. The number of rotatable bonds is 7. The number of ether oxygens (including phenoxy) is 1. The molecule has 0 spiro atoms. The third kappa shape index (κ3) is 4.41. The molecule has 2 heterocycles. The number of benzene rings is 1. The Bertz CT molecular complexity index is 1100. The largest absolute Gasteiger partial charge is 0.462 e. The molecule has 0 aliphatic rings. The van der Waals surface area contributed by atoms with Crippen molar-refractivity contribution in [1.82, 2.24) is 10.2 Å². The van der Waals surface area contributed by atoms with Crippen LogP contribution >= 0.6 is 11.3 Å². The first-order chi connectivity index (χ1) is 14.3. The highest BCUT2D eigenvalue weighted by Gasteiger charge is 2.26. The fraction of sp³-hybridized carbons (Fsp3) is 0.238. The van der Waals surface area contributed by atoms with Crippen molar-refractivity contribution in [3.63, 3.8) is 0 Å². The number of nitrogens with one attached hydrogen (secondary N) is 2. The van der Waals surface area contributed by atoms with E-state index >= 15 is 0 Å². The molecule has 0 bridgehead atoms. The third-order valence-corrected chi connectivity index (χ3v) is 5.63. The molecule has 1 aromatic carbocycles. The molecule has 156 valence electrons. The summed E-state index contributed by atoms with van der Waals surface area (Å²) in [6, 6.07) is 9.35. The van der Waals surface area contributed by atoms with Crippen molar-refractivity contribution in [3.8, 4) is 11.3 Å². The van der Waals surface area contributed by atoms with Gasteiger partial charge in [0.1, 0.15) is 10.7 Å². The number of amides is 2. The van der Waals surface area contributed by atoms with Crippen molar-refractivity contribution >= 4 is 34.1 Å². The van der Waals surface area contributed by atoms with Crippen LogP contribution in [0.4, 0.5) is 5.00 Å². The quantitative estimate of drug-likeness (QED) is 0.497. The molecule has 0 atom stereocenters. The number of hydrogen-bond acceptors (Lipinski definition) is 6. The molecule has 2 aromatic heterocycles. The van der Waals surface area contributed by atoms with Crippen molar-refractivity contribution in [2.75, 3.05) is 11.9 Å². The molecule has 2 amide bonds. The molecule has 9 heteroatoms. The first kappa shape index (κ1) is 21.3. The number of hydrogen-bond donors (Lipinski definition) is 3. The second-order valence-corrected chi connectivity index (χ2v) is 7.77. The second kappa shape index (κ2) is 8.91. The van der Waals surface area contributed by atoms with Gasteiger partial charge in [-0.3, -0.25) is 14.7 Å². The number of aromatic nitrogens is 2. The van der Waals surface area contributed by atoms with Crippen LogP contribution in [-0.4, -0.2) is 34.6 Å². The van der Waals surface area contributed by atoms with Crippen LogP contribution in [0, 0.1) is 13.8 Å². The molecule has 0 aliphatic heterocycles. The Morgan fingerprint density at radius 2 is 1.90 bits per heavy atom. The zero-order valence-electron chi connectivity index (χ0n) is 16.9. The Hall–Kier alpha value is -3.46. The van der Waals surface area contributed by atoms with Gasteiger partial charge in [0.05, 0.1) is 22.7 Å². The van der Waals surface area contributed by atoms with Crippen LogP contribution in [-0.2, 0) is 4.74 Å². The lowest BCUT2D eigenvalue weighted by Crippen LogP contribution is -2.15. The fourth-order valence-corrected chi connectivity index (χ4v) is 3.87. The number of anilines is 1. The number of carbonyl (C=O) groups excluding carboxylic acids is 3. The highest BCUT2D eigenvalue weighted by molar-refractivity contribution is 7.18. The highest BCUT2D eigenvalue weighted by atomic mass is 32.1. The molecular formula is C21H22N4O4S. The van der Waals surface area contributed by atoms with Crippen LogP contribution in [0.1, 0.15) is 55.0 Å². The van der Waals surface area contributed by atoms with Crippen LogP contribution in [0.3, 0.4) is 0 Å². The number of nitrogens with zero attached hydrogens (tertiary/aromatic N) is 1. The maximum absolute atomic E-state index is 12.7. The van der Waals surface area contributed by atoms with E-state index in [0.717, 1.165) is 22.5 Å². The Balaban J connectivity index is 1.87. The summed E-state index contributed by atoms with van der Waals surface area (Å²) in [4.78, 5) is 37.1. The summed E-state index contributed by atoms with van der Waals surface area (Å²) in [5.74, 6) is -1.79.